The molecule has 0 saturated carbocycles. The Hall–Kier alpha value is -1.29. The molecule has 1 aromatic rings. The topological polar surface area (TPSA) is 50.4 Å². The second-order valence-electron chi connectivity index (χ2n) is 4.37. The van der Waals surface area contributed by atoms with E-state index < -0.39 is 5.54 Å². The largest absolute Gasteiger partial charge is 0.711 e. The first-order valence-electron chi connectivity index (χ1n) is 5.07. The zero-order valence-electron chi connectivity index (χ0n) is 9.69. The van der Waals surface area contributed by atoms with Crippen LogP contribution < -0.4 is 9.79 Å². The Bertz CT molecular complexity index is 350. The van der Waals surface area contributed by atoms with Crippen molar-refractivity contribution in [3.05, 3.63) is 29.1 Å². The minimum atomic E-state index is -0.443. The minimum absolute atomic E-state index is 0.257. The van der Waals surface area contributed by atoms with Crippen LogP contribution in [0.25, 0.3) is 0 Å². The summed E-state index contributed by atoms with van der Waals surface area (Å²) in [5.74, 6) is 0.257. The second kappa shape index (κ2) is 4.06. The molecule has 1 rings (SSSR count). The Morgan fingerprint density at radius 2 is 2.07 bits per heavy atom. The number of anilines is 1. The Kier molecular flexibility index (Phi) is 3.19. The molecule has 0 unspecified atom stereocenters. The fourth-order valence-electron chi connectivity index (χ4n) is 1.20. The first-order chi connectivity index (χ1) is 6.88. The molecule has 1 N–H and O–H groups in total. The fraction of sp³-hybridized carbons (Fsp3) is 0.545. The third-order valence-electron chi connectivity index (χ3n) is 2.70. The van der Waals surface area contributed by atoms with Crippen molar-refractivity contribution in [1.29, 1.82) is 0 Å². The van der Waals surface area contributed by atoms with E-state index in [0.29, 0.717) is 4.73 Å². The Balaban J connectivity index is 3.06. The number of aromatic nitrogens is 1. The van der Waals surface area contributed by atoms with Crippen molar-refractivity contribution in [2.75, 3.05) is 5.06 Å². The van der Waals surface area contributed by atoms with Gasteiger partial charge in [0.05, 0.1) is 6.20 Å². The third kappa shape index (κ3) is 2.39. The molecule has 15 heavy (non-hydrogen) atoms. The summed E-state index contributed by atoms with van der Waals surface area (Å²) in [6.07, 6.45) is 2.20. The number of nitrogens with zero attached hydrogens (tertiary/aromatic N) is 2. The molecule has 0 aromatic carbocycles. The molecule has 1 heterocycles. The lowest BCUT2D eigenvalue weighted by molar-refractivity contribution is -0.595. The van der Waals surface area contributed by atoms with Crippen LogP contribution in [0.1, 0.15) is 32.8 Å². The van der Waals surface area contributed by atoms with Gasteiger partial charge in [-0.15, -0.1) is 5.06 Å². The normalized spacial score (nSPS) is 11.5. The van der Waals surface area contributed by atoms with Crippen molar-refractivity contribution in [3.8, 4) is 0 Å². The number of pyridine rings is 1. The SMILES string of the molecule is CCC(C)(C)N(O)c1ccc(C)c[n+]1[O-]. The van der Waals surface area contributed by atoms with E-state index in [9.17, 15) is 10.4 Å². The van der Waals surface area contributed by atoms with Crippen LogP contribution in [-0.2, 0) is 0 Å². The van der Waals surface area contributed by atoms with Gasteiger partial charge in [0.15, 0.2) is 0 Å². The highest BCUT2D eigenvalue weighted by molar-refractivity contribution is 5.33. The van der Waals surface area contributed by atoms with Crippen LogP contribution >= 0.6 is 0 Å². The molecule has 0 saturated heterocycles. The lowest BCUT2D eigenvalue weighted by atomic mass is 10.0. The van der Waals surface area contributed by atoms with E-state index in [0.717, 1.165) is 17.0 Å². The smallest absolute Gasteiger partial charge is 0.310 e. The first kappa shape index (κ1) is 11.8. The maximum Gasteiger partial charge on any atom is 0.310 e. The predicted octanol–water partition coefficient (Wildman–Crippen LogP) is 2.01. The molecular formula is C11H18N2O2. The Morgan fingerprint density at radius 3 is 2.53 bits per heavy atom. The van der Waals surface area contributed by atoms with Gasteiger partial charge in [-0.1, -0.05) is 6.92 Å². The molecule has 0 bridgehead atoms. The summed E-state index contributed by atoms with van der Waals surface area (Å²) in [4.78, 5) is 0. The highest BCUT2D eigenvalue weighted by Gasteiger charge is 2.32. The molecule has 0 aliphatic heterocycles. The predicted molar refractivity (Wildman–Crippen MR) is 58.8 cm³/mol. The summed E-state index contributed by atoms with van der Waals surface area (Å²) in [5, 5.41) is 22.5. The number of aryl methyl sites for hydroxylation is 1. The van der Waals surface area contributed by atoms with Crippen molar-refractivity contribution >= 4 is 5.82 Å². The molecular weight excluding hydrogens is 192 g/mol. The van der Waals surface area contributed by atoms with E-state index in [1.807, 2.05) is 27.7 Å². The zero-order valence-corrected chi connectivity index (χ0v) is 9.69. The van der Waals surface area contributed by atoms with Gasteiger partial charge in [0.25, 0.3) is 0 Å². The number of hydroxylamine groups is 1. The van der Waals surface area contributed by atoms with Crippen LogP contribution in [0.5, 0.6) is 0 Å². The van der Waals surface area contributed by atoms with Gasteiger partial charge in [0, 0.05) is 6.07 Å². The van der Waals surface area contributed by atoms with Crippen LogP contribution in [0.15, 0.2) is 18.3 Å². The van der Waals surface area contributed by atoms with Crippen molar-refractivity contribution in [3.63, 3.8) is 0 Å². The van der Waals surface area contributed by atoms with Crippen LogP contribution in [0.4, 0.5) is 5.82 Å². The third-order valence-corrected chi connectivity index (χ3v) is 2.70. The highest BCUT2D eigenvalue weighted by Crippen LogP contribution is 2.21. The van der Waals surface area contributed by atoms with Gasteiger partial charge in [0.1, 0.15) is 5.54 Å². The molecule has 4 nitrogen and oxygen atoms in total. The van der Waals surface area contributed by atoms with E-state index in [2.05, 4.69) is 0 Å². The van der Waals surface area contributed by atoms with Crippen LogP contribution in [0.2, 0.25) is 0 Å². The van der Waals surface area contributed by atoms with E-state index in [-0.39, 0.29) is 5.82 Å². The second-order valence-corrected chi connectivity index (χ2v) is 4.37. The standard InChI is InChI=1S/C11H18N2O2/c1-5-11(3,4)13(15)10-7-6-9(2)8-12(10)14/h6-8,15H,5H2,1-4H3. The van der Waals surface area contributed by atoms with Crippen LogP contribution in [0.3, 0.4) is 0 Å². The van der Waals surface area contributed by atoms with Crippen molar-refractivity contribution in [2.45, 2.75) is 39.7 Å². The van der Waals surface area contributed by atoms with E-state index >= 15 is 0 Å². The molecule has 0 aliphatic carbocycles. The summed E-state index contributed by atoms with van der Waals surface area (Å²) < 4.78 is 0.687. The fourth-order valence-corrected chi connectivity index (χ4v) is 1.20. The average molecular weight is 210 g/mol. The maximum absolute atomic E-state index is 11.6. The summed E-state index contributed by atoms with van der Waals surface area (Å²) in [5.41, 5.74) is 0.429. The average Bonchev–Trinajstić information content (AvgIpc) is 2.17. The summed E-state index contributed by atoms with van der Waals surface area (Å²) >= 11 is 0. The van der Waals surface area contributed by atoms with Gasteiger partial charge in [-0.05, 0) is 38.8 Å². The minimum Gasteiger partial charge on any atom is -0.711 e. The molecule has 84 valence electrons. The molecule has 0 amide bonds. The van der Waals surface area contributed by atoms with Gasteiger partial charge in [0.2, 0.25) is 0 Å². The Morgan fingerprint density at radius 1 is 1.47 bits per heavy atom. The molecule has 1 aromatic heterocycles. The summed E-state index contributed by atoms with van der Waals surface area (Å²) in [7, 11) is 0. The van der Waals surface area contributed by atoms with Gasteiger partial charge in [-0.2, -0.15) is 0 Å². The summed E-state index contributed by atoms with van der Waals surface area (Å²) in [6.45, 7) is 7.57. The maximum atomic E-state index is 11.6. The van der Waals surface area contributed by atoms with Gasteiger partial charge < -0.3 is 5.21 Å². The zero-order chi connectivity index (χ0) is 11.6. The monoisotopic (exact) mass is 210 g/mol. The lowest BCUT2D eigenvalue weighted by Crippen LogP contribution is -2.47. The molecule has 0 radical (unpaired) electrons. The van der Waals surface area contributed by atoms with E-state index in [1.165, 1.54) is 6.20 Å². The van der Waals surface area contributed by atoms with Crippen LogP contribution in [0, 0.1) is 12.1 Å². The number of rotatable bonds is 3. The number of hydrogen-bond donors (Lipinski definition) is 1. The highest BCUT2D eigenvalue weighted by atomic mass is 16.5. The quantitative estimate of drug-likeness (QED) is 0.471. The first-order valence-corrected chi connectivity index (χ1v) is 5.07. The van der Waals surface area contributed by atoms with Crippen molar-refractivity contribution < 1.29 is 9.94 Å². The Labute approximate surface area is 90.3 Å². The molecule has 0 atom stereocenters. The van der Waals surface area contributed by atoms with Gasteiger partial charge >= 0.3 is 5.82 Å². The van der Waals surface area contributed by atoms with Gasteiger partial charge in [-0.25, -0.2) is 9.94 Å². The lowest BCUT2D eigenvalue weighted by Gasteiger charge is -2.27. The number of hydrogen-bond acceptors (Lipinski definition) is 3. The van der Waals surface area contributed by atoms with Gasteiger partial charge in [-0.3, -0.25) is 0 Å². The van der Waals surface area contributed by atoms with Crippen LogP contribution in [-0.4, -0.2) is 10.7 Å². The molecule has 0 fully saturated rings. The van der Waals surface area contributed by atoms with Crippen molar-refractivity contribution in [1.82, 2.24) is 0 Å². The molecule has 4 heteroatoms. The van der Waals surface area contributed by atoms with E-state index in [1.54, 1.807) is 12.1 Å². The molecule has 0 aliphatic rings. The van der Waals surface area contributed by atoms with Crippen molar-refractivity contribution in [2.24, 2.45) is 0 Å². The van der Waals surface area contributed by atoms with E-state index in [4.69, 9.17) is 0 Å². The molecule has 0 spiro atoms. The summed E-state index contributed by atoms with van der Waals surface area (Å²) in [6, 6.07) is 3.43.